The Balaban J connectivity index is 1.31. The SMILES string of the molecule is CON=C(COc1ccc(COc2ccc3c(c2)OCC3CC(=O)O)cc1)c1ccc(Cl)cc1. The summed E-state index contributed by atoms with van der Waals surface area (Å²) >= 11 is 5.95. The van der Waals surface area contributed by atoms with Gasteiger partial charge in [-0.1, -0.05) is 47.1 Å². The molecule has 34 heavy (non-hydrogen) atoms. The van der Waals surface area contributed by atoms with E-state index in [0.29, 0.717) is 41.2 Å². The summed E-state index contributed by atoms with van der Waals surface area (Å²) in [7, 11) is 1.49. The van der Waals surface area contributed by atoms with Crippen LogP contribution in [0.1, 0.15) is 29.0 Å². The van der Waals surface area contributed by atoms with Gasteiger partial charge in [-0.15, -0.1) is 0 Å². The van der Waals surface area contributed by atoms with Crippen molar-refractivity contribution in [3.8, 4) is 17.2 Å². The highest BCUT2D eigenvalue weighted by Gasteiger charge is 2.26. The maximum atomic E-state index is 11.0. The van der Waals surface area contributed by atoms with Gasteiger partial charge in [0.1, 0.15) is 43.3 Å². The third-order valence-corrected chi connectivity index (χ3v) is 5.62. The molecule has 3 aromatic rings. The predicted octanol–water partition coefficient (Wildman–Crippen LogP) is 5.30. The van der Waals surface area contributed by atoms with Crippen LogP contribution in [0.3, 0.4) is 0 Å². The Morgan fingerprint density at radius 3 is 2.50 bits per heavy atom. The van der Waals surface area contributed by atoms with E-state index in [1.807, 2.05) is 54.6 Å². The first-order valence-electron chi connectivity index (χ1n) is 10.7. The Kier molecular flexibility index (Phi) is 7.54. The van der Waals surface area contributed by atoms with Crippen molar-refractivity contribution in [3.05, 3.63) is 88.4 Å². The molecule has 8 heteroatoms. The molecule has 0 aromatic heterocycles. The van der Waals surface area contributed by atoms with Crippen LogP contribution < -0.4 is 14.2 Å². The third kappa shape index (κ3) is 5.99. The first-order valence-corrected chi connectivity index (χ1v) is 11.1. The van der Waals surface area contributed by atoms with Gasteiger partial charge in [-0.2, -0.15) is 0 Å². The third-order valence-electron chi connectivity index (χ3n) is 5.37. The number of hydrogen-bond acceptors (Lipinski definition) is 6. The molecular weight excluding hydrogens is 458 g/mol. The van der Waals surface area contributed by atoms with Crippen molar-refractivity contribution >= 4 is 23.3 Å². The molecule has 0 amide bonds. The molecular formula is C26H24ClNO6. The van der Waals surface area contributed by atoms with Gasteiger partial charge >= 0.3 is 5.97 Å². The van der Waals surface area contributed by atoms with Gasteiger partial charge in [-0.3, -0.25) is 4.79 Å². The largest absolute Gasteiger partial charge is 0.492 e. The molecule has 1 aliphatic heterocycles. The Morgan fingerprint density at radius 2 is 1.79 bits per heavy atom. The van der Waals surface area contributed by atoms with Crippen molar-refractivity contribution in [1.29, 1.82) is 0 Å². The van der Waals surface area contributed by atoms with E-state index in [4.69, 9.17) is 35.8 Å². The van der Waals surface area contributed by atoms with E-state index in [2.05, 4.69) is 5.16 Å². The number of fused-ring (bicyclic) bond motifs is 1. The summed E-state index contributed by atoms with van der Waals surface area (Å²) in [6.45, 7) is 0.990. The highest BCUT2D eigenvalue weighted by atomic mass is 35.5. The summed E-state index contributed by atoms with van der Waals surface area (Å²) in [5.74, 6) is 1.08. The van der Waals surface area contributed by atoms with Gasteiger partial charge in [0.2, 0.25) is 0 Å². The molecule has 0 radical (unpaired) electrons. The van der Waals surface area contributed by atoms with Gasteiger partial charge in [-0.05, 0) is 35.9 Å². The number of oxime groups is 1. The van der Waals surface area contributed by atoms with Gasteiger partial charge in [0.15, 0.2) is 0 Å². The Morgan fingerprint density at radius 1 is 1.06 bits per heavy atom. The second-order valence-electron chi connectivity index (χ2n) is 7.75. The summed E-state index contributed by atoms with van der Waals surface area (Å²) < 4.78 is 17.4. The van der Waals surface area contributed by atoms with Crippen molar-refractivity contribution < 1.29 is 28.9 Å². The summed E-state index contributed by atoms with van der Waals surface area (Å²) in [5.41, 5.74) is 3.40. The first kappa shape index (κ1) is 23.4. The number of carboxylic acid groups (broad SMARTS) is 1. The van der Waals surface area contributed by atoms with E-state index in [-0.39, 0.29) is 18.9 Å². The molecule has 0 bridgehead atoms. The number of nitrogens with zero attached hydrogens (tertiary/aromatic N) is 1. The number of rotatable bonds is 10. The summed E-state index contributed by atoms with van der Waals surface area (Å²) in [6, 6.07) is 20.4. The van der Waals surface area contributed by atoms with E-state index >= 15 is 0 Å². The molecule has 176 valence electrons. The number of aliphatic carboxylic acids is 1. The molecule has 4 rings (SSSR count). The van der Waals surface area contributed by atoms with Gasteiger partial charge < -0.3 is 24.2 Å². The lowest BCUT2D eigenvalue weighted by molar-refractivity contribution is -0.137. The molecule has 0 spiro atoms. The summed E-state index contributed by atoms with van der Waals surface area (Å²) in [4.78, 5) is 15.9. The minimum atomic E-state index is -0.832. The Hall–Kier alpha value is -3.71. The maximum Gasteiger partial charge on any atom is 0.304 e. The van der Waals surface area contributed by atoms with Crippen molar-refractivity contribution in [2.24, 2.45) is 5.16 Å². The highest BCUT2D eigenvalue weighted by Crippen LogP contribution is 2.38. The van der Waals surface area contributed by atoms with E-state index in [0.717, 1.165) is 16.7 Å². The molecule has 0 aliphatic carbocycles. The minimum Gasteiger partial charge on any atom is -0.492 e. The molecule has 1 aliphatic rings. The number of carbonyl (C=O) groups is 1. The fourth-order valence-electron chi connectivity index (χ4n) is 3.64. The van der Waals surface area contributed by atoms with E-state index in [1.165, 1.54) is 7.11 Å². The van der Waals surface area contributed by atoms with Gasteiger partial charge in [0.05, 0.1) is 13.0 Å². The highest BCUT2D eigenvalue weighted by molar-refractivity contribution is 6.30. The Labute approximate surface area is 202 Å². The molecule has 7 nitrogen and oxygen atoms in total. The van der Waals surface area contributed by atoms with Crippen molar-refractivity contribution in [1.82, 2.24) is 0 Å². The monoisotopic (exact) mass is 481 g/mol. The van der Waals surface area contributed by atoms with E-state index < -0.39 is 5.97 Å². The van der Waals surface area contributed by atoms with Crippen LogP contribution in [0, 0.1) is 0 Å². The van der Waals surface area contributed by atoms with Crippen LogP contribution in [0.15, 0.2) is 71.9 Å². The second-order valence-corrected chi connectivity index (χ2v) is 8.19. The lowest BCUT2D eigenvalue weighted by Crippen LogP contribution is -2.13. The molecule has 0 fully saturated rings. The lowest BCUT2D eigenvalue weighted by Gasteiger charge is -2.11. The number of carboxylic acids is 1. The molecule has 3 aromatic carbocycles. The predicted molar refractivity (Wildman–Crippen MR) is 128 cm³/mol. The van der Waals surface area contributed by atoms with E-state index in [9.17, 15) is 4.79 Å². The van der Waals surface area contributed by atoms with Crippen LogP contribution in [-0.2, 0) is 16.2 Å². The van der Waals surface area contributed by atoms with Crippen LogP contribution in [0.2, 0.25) is 5.02 Å². The zero-order chi connectivity index (χ0) is 23.9. The average Bonchev–Trinajstić information content (AvgIpc) is 3.23. The molecule has 1 atom stereocenters. The fraction of sp³-hybridized carbons (Fsp3) is 0.231. The van der Waals surface area contributed by atoms with Gasteiger partial charge in [0, 0.05) is 28.1 Å². The fourth-order valence-corrected chi connectivity index (χ4v) is 3.77. The number of halogens is 1. The van der Waals surface area contributed by atoms with Gasteiger partial charge in [0.25, 0.3) is 0 Å². The number of hydrogen-bond donors (Lipinski definition) is 1. The van der Waals surface area contributed by atoms with Crippen LogP contribution >= 0.6 is 11.6 Å². The zero-order valence-electron chi connectivity index (χ0n) is 18.6. The maximum absolute atomic E-state index is 11.0. The molecule has 1 unspecified atom stereocenters. The Bertz CT molecular complexity index is 1160. The van der Waals surface area contributed by atoms with Crippen molar-refractivity contribution in [2.45, 2.75) is 18.9 Å². The standard InChI is InChI=1S/C26H24ClNO6/c1-31-28-24(18-4-6-20(27)7-5-18)16-33-21-8-2-17(3-9-21)14-32-22-10-11-23-19(12-26(29)30)15-34-25(23)13-22/h2-11,13,19H,12,14-16H2,1H3,(H,29,30). The molecule has 1 N–H and O–H groups in total. The normalized spacial score (nSPS) is 14.8. The van der Waals surface area contributed by atoms with Crippen LogP contribution in [0.4, 0.5) is 0 Å². The summed E-state index contributed by atoms with van der Waals surface area (Å²) in [6.07, 6.45) is 0.0557. The number of ether oxygens (including phenoxy) is 3. The van der Waals surface area contributed by atoms with Crippen molar-refractivity contribution in [3.63, 3.8) is 0 Å². The molecule has 1 heterocycles. The van der Waals surface area contributed by atoms with E-state index in [1.54, 1.807) is 12.1 Å². The van der Waals surface area contributed by atoms with Crippen LogP contribution in [-0.4, -0.2) is 37.1 Å². The zero-order valence-corrected chi connectivity index (χ0v) is 19.3. The topological polar surface area (TPSA) is 86.6 Å². The quantitative estimate of drug-likeness (QED) is 0.312. The number of benzene rings is 3. The lowest BCUT2D eigenvalue weighted by atomic mass is 9.98. The summed E-state index contributed by atoms with van der Waals surface area (Å²) in [5, 5.41) is 13.7. The second kappa shape index (κ2) is 10.9. The minimum absolute atomic E-state index is 0.0557. The smallest absolute Gasteiger partial charge is 0.304 e. The molecule has 0 saturated heterocycles. The average molecular weight is 482 g/mol. The molecule has 0 saturated carbocycles. The van der Waals surface area contributed by atoms with Gasteiger partial charge in [-0.25, -0.2) is 0 Å². The van der Waals surface area contributed by atoms with Crippen LogP contribution in [0.25, 0.3) is 0 Å². The van der Waals surface area contributed by atoms with Crippen LogP contribution in [0.5, 0.6) is 17.2 Å². The van der Waals surface area contributed by atoms with Crippen molar-refractivity contribution in [2.75, 3.05) is 20.3 Å². The first-order chi connectivity index (χ1) is 16.5.